The first-order valence-corrected chi connectivity index (χ1v) is 6.42. The van der Waals surface area contributed by atoms with E-state index in [9.17, 15) is 4.79 Å². The predicted octanol–water partition coefficient (Wildman–Crippen LogP) is 2.26. The van der Waals surface area contributed by atoms with Gasteiger partial charge in [0.15, 0.2) is 5.78 Å². The Kier molecular flexibility index (Phi) is 4.58. The molecule has 0 radical (unpaired) electrons. The average Bonchev–Trinajstić information content (AvgIpc) is 2.26. The van der Waals surface area contributed by atoms with Gasteiger partial charge in [0.05, 0.1) is 6.26 Å². The minimum absolute atomic E-state index is 0.0919. The van der Waals surface area contributed by atoms with Crippen LogP contribution in [0.5, 0.6) is 0 Å². The highest BCUT2D eigenvalue weighted by Crippen LogP contribution is 2.27. The number of ketones is 1. The highest BCUT2D eigenvalue weighted by Gasteiger charge is 2.32. The van der Waals surface area contributed by atoms with Gasteiger partial charge in [-0.15, -0.1) is 0 Å². The Morgan fingerprint density at radius 3 is 2.87 bits per heavy atom. The number of rotatable bonds is 2. The van der Waals surface area contributed by atoms with Gasteiger partial charge in [0.1, 0.15) is 4.11 Å². The molecule has 86 valence electrons. The fourth-order valence-electron chi connectivity index (χ4n) is 1.52. The lowest BCUT2D eigenvalue weighted by Gasteiger charge is -2.20. The second-order valence-corrected chi connectivity index (χ2v) is 6.22. The van der Waals surface area contributed by atoms with Gasteiger partial charge >= 0.3 is 0 Å². The number of carbonyl (C=O) groups excluding carboxylic acids is 1. The molecule has 0 aromatic carbocycles. The summed E-state index contributed by atoms with van der Waals surface area (Å²) in [6, 6.07) is 0. The molecule has 1 unspecified atom stereocenters. The van der Waals surface area contributed by atoms with Crippen molar-refractivity contribution < 1.29 is 9.53 Å². The van der Waals surface area contributed by atoms with E-state index in [-0.39, 0.29) is 15.3 Å². The van der Waals surface area contributed by atoms with Crippen molar-refractivity contribution in [3.8, 4) is 0 Å². The van der Waals surface area contributed by atoms with Gasteiger partial charge in [0.2, 0.25) is 0 Å². The monoisotopic (exact) mass is 323 g/mol. The van der Waals surface area contributed by atoms with Crippen molar-refractivity contribution in [2.75, 3.05) is 13.1 Å². The molecule has 3 nitrogen and oxygen atoms in total. The molecule has 0 spiro atoms. The molecule has 4 heteroatoms. The fraction of sp³-hybridized carbons (Fsp3) is 0.727. The van der Waals surface area contributed by atoms with Crippen LogP contribution < -0.4 is 5.32 Å². The number of hydrogen-bond donors (Lipinski definition) is 1. The normalized spacial score (nSPS) is 26.1. The maximum atomic E-state index is 12.1. The molecular formula is C11H18INO2. The number of carbonyl (C=O) groups is 1. The Morgan fingerprint density at radius 1 is 1.60 bits per heavy atom. The molecule has 1 rings (SSSR count). The summed E-state index contributed by atoms with van der Waals surface area (Å²) in [7, 11) is 0. The first kappa shape index (κ1) is 13.0. The van der Waals surface area contributed by atoms with Crippen LogP contribution >= 0.6 is 22.6 Å². The molecule has 1 fully saturated rings. The molecule has 1 aliphatic rings. The SMILES string of the molecule is CC(I)O/C=C1/CNCCC(C)(C)C1=O. The molecule has 0 aliphatic carbocycles. The lowest BCUT2D eigenvalue weighted by molar-refractivity contribution is -0.123. The number of ether oxygens (including phenoxy) is 1. The van der Waals surface area contributed by atoms with Crippen LogP contribution in [0.3, 0.4) is 0 Å². The van der Waals surface area contributed by atoms with E-state index in [1.54, 1.807) is 6.26 Å². The quantitative estimate of drug-likeness (QED) is 0.367. The van der Waals surface area contributed by atoms with Crippen LogP contribution in [0.4, 0.5) is 0 Å². The molecular weight excluding hydrogens is 305 g/mol. The molecule has 1 aliphatic heterocycles. The third-order valence-corrected chi connectivity index (χ3v) is 2.84. The van der Waals surface area contributed by atoms with Crippen LogP contribution in [0.15, 0.2) is 11.8 Å². The van der Waals surface area contributed by atoms with Crippen molar-refractivity contribution in [2.45, 2.75) is 31.3 Å². The summed E-state index contributed by atoms with van der Waals surface area (Å²) < 4.78 is 5.46. The first-order valence-electron chi connectivity index (χ1n) is 5.17. The third kappa shape index (κ3) is 3.75. The molecule has 1 N–H and O–H groups in total. The zero-order chi connectivity index (χ0) is 11.5. The van der Waals surface area contributed by atoms with E-state index in [1.807, 2.05) is 20.8 Å². The summed E-state index contributed by atoms with van der Waals surface area (Å²) in [5.74, 6) is 0.199. The van der Waals surface area contributed by atoms with E-state index in [0.717, 1.165) is 18.5 Å². The van der Waals surface area contributed by atoms with Gasteiger partial charge in [0.25, 0.3) is 0 Å². The maximum Gasteiger partial charge on any atom is 0.168 e. The number of nitrogens with one attached hydrogen (secondary N) is 1. The maximum absolute atomic E-state index is 12.1. The van der Waals surface area contributed by atoms with Crippen LogP contribution in [-0.2, 0) is 9.53 Å². The molecule has 1 heterocycles. The van der Waals surface area contributed by atoms with E-state index < -0.39 is 0 Å². The summed E-state index contributed by atoms with van der Waals surface area (Å²) in [5, 5.41) is 3.24. The summed E-state index contributed by atoms with van der Waals surface area (Å²) in [4.78, 5) is 12.1. The predicted molar refractivity (Wildman–Crippen MR) is 68.9 cm³/mol. The Hall–Kier alpha value is -0.100. The molecule has 0 aromatic rings. The molecule has 15 heavy (non-hydrogen) atoms. The van der Waals surface area contributed by atoms with Gasteiger partial charge in [-0.3, -0.25) is 4.79 Å². The van der Waals surface area contributed by atoms with Crippen molar-refractivity contribution in [3.05, 3.63) is 11.8 Å². The van der Waals surface area contributed by atoms with Crippen LogP contribution in [0.25, 0.3) is 0 Å². The van der Waals surface area contributed by atoms with E-state index in [2.05, 4.69) is 27.9 Å². The molecule has 0 amide bonds. The number of Topliss-reactive ketones (excluding diaryl/α,β-unsaturated/α-hetero) is 1. The first-order chi connectivity index (χ1) is 6.93. The molecule has 1 saturated heterocycles. The largest absolute Gasteiger partial charge is 0.488 e. The third-order valence-electron chi connectivity index (χ3n) is 2.55. The zero-order valence-electron chi connectivity index (χ0n) is 9.47. The molecule has 0 aromatic heterocycles. The van der Waals surface area contributed by atoms with Crippen molar-refractivity contribution >= 4 is 28.4 Å². The minimum atomic E-state index is -0.271. The number of halogens is 1. The van der Waals surface area contributed by atoms with Gasteiger partial charge in [0, 0.05) is 17.5 Å². The van der Waals surface area contributed by atoms with Crippen molar-refractivity contribution in [1.29, 1.82) is 0 Å². The van der Waals surface area contributed by atoms with Crippen LogP contribution in [0, 0.1) is 5.41 Å². The summed E-state index contributed by atoms with van der Waals surface area (Å²) >= 11 is 2.17. The lowest BCUT2D eigenvalue weighted by Crippen LogP contribution is -2.25. The van der Waals surface area contributed by atoms with Gasteiger partial charge < -0.3 is 10.1 Å². The number of alkyl halides is 1. The van der Waals surface area contributed by atoms with E-state index in [4.69, 9.17) is 4.74 Å². The van der Waals surface area contributed by atoms with Crippen LogP contribution in [-0.4, -0.2) is 23.0 Å². The molecule has 0 saturated carbocycles. The van der Waals surface area contributed by atoms with Crippen LogP contribution in [0.2, 0.25) is 0 Å². The Labute approximate surface area is 105 Å². The van der Waals surface area contributed by atoms with E-state index >= 15 is 0 Å². The Balaban J connectivity index is 2.78. The lowest BCUT2D eigenvalue weighted by atomic mass is 9.82. The Morgan fingerprint density at radius 2 is 2.27 bits per heavy atom. The van der Waals surface area contributed by atoms with E-state index in [1.165, 1.54) is 0 Å². The topological polar surface area (TPSA) is 38.3 Å². The summed E-state index contributed by atoms with van der Waals surface area (Å²) in [6.07, 6.45) is 2.49. The smallest absolute Gasteiger partial charge is 0.168 e. The highest BCUT2D eigenvalue weighted by atomic mass is 127. The molecule has 1 atom stereocenters. The molecule has 0 bridgehead atoms. The van der Waals surface area contributed by atoms with Gasteiger partial charge in [-0.25, -0.2) is 0 Å². The number of hydrogen-bond acceptors (Lipinski definition) is 3. The zero-order valence-corrected chi connectivity index (χ0v) is 11.6. The van der Waals surface area contributed by atoms with Gasteiger partial charge in [-0.2, -0.15) is 0 Å². The summed E-state index contributed by atoms with van der Waals surface area (Å²) in [6.45, 7) is 7.42. The van der Waals surface area contributed by atoms with Crippen molar-refractivity contribution in [1.82, 2.24) is 5.32 Å². The minimum Gasteiger partial charge on any atom is -0.488 e. The highest BCUT2D eigenvalue weighted by molar-refractivity contribution is 14.1. The summed E-state index contributed by atoms with van der Waals surface area (Å²) in [5.41, 5.74) is 0.480. The second-order valence-electron chi connectivity index (χ2n) is 4.46. The second kappa shape index (κ2) is 5.30. The van der Waals surface area contributed by atoms with E-state index in [0.29, 0.717) is 6.54 Å². The van der Waals surface area contributed by atoms with Crippen molar-refractivity contribution in [2.24, 2.45) is 5.41 Å². The van der Waals surface area contributed by atoms with Crippen molar-refractivity contribution in [3.63, 3.8) is 0 Å². The van der Waals surface area contributed by atoms with Gasteiger partial charge in [-0.05, 0) is 42.5 Å². The fourth-order valence-corrected chi connectivity index (χ4v) is 1.67. The average molecular weight is 323 g/mol. The standard InChI is InChI=1S/C11H18INO2/c1-8(12)15-7-9-6-13-5-4-11(2,3)10(9)14/h7-8,13H,4-6H2,1-3H3/b9-7-. The Bertz CT molecular complexity index is 272. The van der Waals surface area contributed by atoms with Gasteiger partial charge in [-0.1, -0.05) is 13.8 Å². The van der Waals surface area contributed by atoms with Crippen LogP contribution in [0.1, 0.15) is 27.2 Å².